The minimum Gasteiger partial charge on any atom is -0.361 e. The Hall–Kier alpha value is -2.66. The Morgan fingerprint density at radius 1 is 1.22 bits per heavy atom. The minimum absolute atomic E-state index is 0.0496. The van der Waals surface area contributed by atoms with Crippen molar-refractivity contribution < 1.29 is 4.79 Å². The molecule has 0 aliphatic carbocycles. The lowest BCUT2D eigenvalue weighted by Crippen LogP contribution is -2.13. The molecule has 2 heterocycles. The van der Waals surface area contributed by atoms with E-state index < -0.39 is 0 Å². The number of hydrogen-bond acceptors (Lipinski definition) is 3. The van der Waals surface area contributed by atoms with Gasteiger partial charge in [0.1, 0.15) is 0 Å². The molecule has 5 heteroatoms. The number of hydrogen-bond donors (Lipinski definition) is 2. The first-order valence-corrected chi connectivity index (χ1v) is 8.23. The Balaban J connectivity index is 1.56. The van der Waals surface area contributed by atoms with Gasteiger partial charge < -0.3 is 10.3 Å². The van der Waals surface area contributed by atoms with Crippen LogP contribution in [-0.2, 0) is 11.2 Å². The molecule has 0 saturated heterocycles. The van der Waals surface area contributed by atoms with Gasteiger partial charge in [-0.1, -0.05) is 41.7 Å². The number of anilines is 1. The van der Waals surface area contributed by atoms with Crippen molar-refractivity contribution in [1.82, 2.24) is 9.97 Å². The number of aromatic nitrogens is 2. The third-order valence-corrected chi connectivity index (χ3v) is 4.83. The van der Waals surface area contributed by atoms with Gasteiger partial charge in [0.15, 0.2) is 5.13 Å². The molecule has 0 saturated carbocycles. The maximum absolute atomic E-state index is 12.3. The zero-order valence-electron chi connectivity index (χ0n) is 12.6. The lowest BCUT2D eigenvalue weighted by atomic mass is 10.1. The van der Waals surface area contributed by atoms with Crippen LogP contribution in [0.1, 0.15) is 11.1 Å². The van der Waals surface area contributed by atoms with E-state index in [0.29, 0.717) is 11.6 Å². The number of amides is 1. The predicted molar refractivity (Wildman–Crippen MR) is 95.0 cm³/mol. The van der Waals surface area contributed by atoms with Crippen LogP contribution in [0.15, 0.2) is 48.7 Å². The summed E-state index contributed by atoms with van der Waals surface area (Å²) in [5.74, 6) is -0.0496. The topological polar surface area (TPSA) is 57.8 Å². The van der Waals surface area contributed by atoms with E-state index >= 15 is 0 Å². The lowest BCUT2D eigenvalue weighted by Gasteiger charge is -2.00. The number of H-pyrrole nitrogens is 1. The van der Waals surface area contributed by atoms with Crippen molar-refractivity contribution >= 4 is 43.5 Å². The van der Waals surface area contributed by atoms with Gasteiger partial charge in [-0.2, -0.15) is 0 Å². The summed E-state index contributed by atoms with van der Waals surface area (Å²) in [6.45, 7) is 2.03. The third-order valence-electron chi connectivity index (χ3n) is 3.89. The summed E-state index contributed by atoms with van der Waals surface area (Å²) >= 11 is 1.51. The Labute approximate surface area is 137 Å². The number of rotatable bonds is 3. The van der Waals surface area contributed by atoms with Crippen LogP contribution < -0.4 is 5.32 Å². The van der Waals surface area contributed by atoms with E-state index in [0.717, 1.165) is 32.2 Å². The first kappa shape index (κ1) is 14.0. The fourth-order valence-electron chi connectivity index (χ4n) is 2.75. The summed E-state index contributed by atoms with van der Waals surface area (Å²) in [6.07, 6.45) is 2.23. The van der Waals surface area contributed by atoms with E-state index in [1.807, 2.05) is 55.6 Å². The molecule has 0 radical (unpaired) electrons. The van der Waals surface area contributed by atoms with Gasteiger partial charge >= 0.3 is 0 Å². The number of nitrogens with one attached hydrogen (secondary N) is 2. The molecule has 23 heavy (non-hydrogen) atoms. The molecule has 2 N–H and O–H groups in total. The number of aromatic amines is 1. The highest BCUT2D eigenvalue weighted by atomic mass is 32.1. The van der Waals surface area contributed by atoms with E-state index in [4.69, 9.17) is 0 Å². The fourth-order valence-corrected chi connectivity index (χ4v) is 3.71. The Morgan fingerprint density at radius 2 is 2.09 bits per heavy atom. The summed E-state index contributed by atoms with van der Waals surface area (Å²) in [7, 11) is 0. The maximum Gasteiger partial charge on any atom is 0.230 e. The van der Waals surface area contributed by atoms with Crippen molar-refractivity contribution in [3.05, 3.63) is 59.8 Å². The van der Waals surface area contributed by atoms with E-state index in [1.54, 1.807) is 0 Å². The quantitative estimate of drug-likeness (QED) is 0.592. The fraction of sp³-hybridized carbons (Fsp3) is 0.111. The van der Waals surface area contributed by atoms with Gasteiger partial charge in [-0.25, -0.2) is 4.98 Å². The highest BCUT2D eigenvalue weighted by Crippen LogP contribution is 2.28. The first-order chi connectivity index (χ1) is 11.2. The number of nitrogens with zero attached hydrogens (tertiary/aromatic N) is 1. The predicted octanol–water partition coefficient (Wildman–Crippen LogP) is 4.27. The Bertz CT molecular complexity index is 1020. The van der Waals surface area contributed by atoms with Gasteiger partial charge in [-0.05, 0) is 30.2 Å². The zero-order valence-corrected chi connectivity index (χ0v) is 13.4. The van der Waals surface area contributed by atoms with Crippen molar-refractivity contribution in [3.8, 4) is 0 Å². The number of carbonyl (C=O) groups excluding carboxylic acids is 1. The molecule has 0 atom stereocenters. The summed E-state index contributed by atoms with van der Waals surface area (Å²) in [5.41, 5.74) is 4.12. The normalized spacial score (nSPS) is 11.2. The molecule has 2 aromatic carbocycles. The van der Waals surface area contributed by atoms with E-state index in [1.165, 1.54) is 11.3 Å². The molecule has 2 aromatic heterocycles. The molecule has 4 rings (SSSR count). The van der Waals surface area contributed by atoms with E-state index in [-0.39, 0.29) is 5.91 Å². The standard InChI is InChI=1S/C18H15N3OS/c1-11-5-4-8-15-17(11)21-18(23-15)20-16(22)9-12-10-19-14-7-3-2-6-13(12)14/h2-8,10,19H,9H2,1H3,(H,20,21,22). The molecule has 0 spiro atoms. The van der Waals surface area contributed by atoms with Crippen molar-refractivity contribution in [2.75, 3.05) is 5.32 Å². The number of thiazole rings is 1. The van der Waals surface area contributed by atoms with Crippen molar-refractivity contribution in [2.45, 2.75) is 13.3 Å². The van der Waals surface area contributed by atoms with E-state index in [2.05, 4.69) is 15.3 Å². The molecule has 114 valence electrons. The molecular weight excluding hydrogens is 306 g/mol. The summed E-state index contributed by atoms with van der Waals surface area (Å²) in [6, 6.07) is 14.0. The summed E-state index contributed by atoms with van der Waals surface area (Å²) in [4.78, 5) is 20.0. The highest BCUT2D eigenvalue weighted by Gasteiger charge is 2.12. The smallest absolute Gasteiger partial charge is 0.230 e. The highest BCUT2D eigenvalue weighted by molar-refractivity contribution is 7.22. The van der Waals surface area contributed by atoms with Gasteiger partial charge in [0.25, 0.3) is 0 Å². The molecular formula is C18H15N3OS. The van der Waals surface area contributed by atoms with Gasteiger partial charge in [0, 0.05) is 17.1 Å². The molecule has 4 nitrogen and oxygen atoms in total. The zero-order chi connectivity index (χ0) is 15.8. The van der Waals surface area contributed by atoms with Crippen LogP contribution in [0, 0.1) is 6.92 Å². The van der Waals surface area contributed by atoms with Crippen LogP contribution in [-0.4, -0.2) is 15.9 Å². The van der Waals surface area contributed by atoms with Crippen LogP contribution in [0.2, 0.25) is 0 Å². The molecule has 1 amide bonds. The van der Waals surface area contributed by atoms with Crippen LogP contribution >= 0.6 is 11.3 Å². The van der Waals surface area contributed by atoms with Crippen LogP contribution in [0.4, 0.5) is 5.13 Å². The first-order valence-electron chi connectivity index (χ1n) is 7.42. The van der Waals surface area contributed by atoms with Crippen molar-refractivity contribution in [3.63, 3.8) is 0 Å². The number of fused-ring (bicyclic) bond motifs is 2. The second-order valence-corrected chi connectivity index (χ2v) is 6.56. The molecule has 0 aliphatic heterocycles. The van der Waals surface area contributed by atoms with Gasteiger partial charge in [-0.15, -0.1) is 0 Å². The van der Waals surface area contributed by atoms with Gasteiger partial charge in [-0.3, -0.25) is 4.79 Å². The largest absolute Gasteiger partial charge is 0.361 e. The summed E-state index contributed by atoms with van der Waals surface area (Å²) < 4.78 is 1.09. The molecule has 0 fully saturated rings. The monoisotopic (exact) mass is 321 g/mol. The van der Waals surface area contributed by atoms with Crippen LogP contribution in [0.3, 0.4) is 0 Å². The van der Waals surface area contributed by atoms with Gasteiger partial charge in [0.05, 0.1) is 16.6 Å². The average molecular weight is 321 g/mol. The Morgan fingerprint density at radius 3 is 2.96 bits per heavy atom. The van der Waals surface area contributed by atoms with Crippen molar-refractivity contribution in [1.29, 1.82) is 0 Å². The van der Waals surface area contributed by atoms with Gasteiger partial charge in [0.2, 0.25) is 5.91 Å². The number of benzene rings is 2. The second-order valence-electron chi connectivity index (χ2n) is 5.53. The lowest BCUT2D eigenvalue weighted by molar-refractivity contribution is -0.115. The average Bonchev–Trinajstić information content (AvgIpc) is 3.12. The molecule has 0 unspecified atom stereocenters. The Kier molecular flexibility index (Phi) is 3.35. The summed E-state index contributed by atoms with van der Waals surface area (Å²) in [5, 5.41) is 4.65. The van der Waals surface area contributed by atoms with E-state index in [9.17, 15) is 4.79 Å². The molecule has 0 aliphatic rings. The third kappa shape index (κ3) is 2.59. The molecule has 0 bridgehead atoms. The van der Waals surface area contributed by atoms with Crippen molar-refractivity contribution in [2.24, 2.45) is 0 Å². The second kappa shape index (κ2) is 5.52. The number of aryl methyl sites for hydroxylation is 1. The SMILES string of the molecule is Cc1cccc2sc(NC(=O)Cc3c[nH]c4ccccc34)nc12. The van der Waals surface area contributed by atoms with Crippen LogP contribution in [0.5, 0.6) is 0 Å². The number of carbonyl (C=O) groups is 1. The maximum atomic E-state index is 12.3. The minimum atomic E-state index is -0.0496. The van der Waals surface area contributed by atoms with Crippen LogP contribution in [0.25, 0.3) is 21.1 Å². The number of para-hydroxylation sites is 2. The molecule has 4 aromatic rings.